The molecule has 0 aliphatic heterocycles. The van der Waals surface area contributed by atoms with Crippen LogP contribution in [0, 0.1) is 5.82 Å². The fourth-order valence-electron chi connectivity index (χ4n) is 5.17. The van der Waals surface area contributed by atoms with Gasteiger partial charge in [-0.15, -0.1) is 0 Å². The van der Waals surface area contributed by atoms with E-state index in [2.05, 4.69) is 5.32 Å². The SMILES string of the molecule is CC(C)c1c(C(=O)Nc2ccccc2)c(-c2ccccc2)c(-c2ccc(F)cc2)n1CC[C@@H](O)[C@@H](F)[C@@H](O)CC(=O)[O-]. The molecule has 42 heavy (non-hydrogen) atoms. The number of aliphatic hydroxyl groups is 2. The zero-order chi connectivity index (χ0) is 30.4. The number of carbonyl (C=O) groups excluding carboxylic acids is 2. The van der Waals surface area contributed by atoms with Crippen LogP contribution >= 0.6 is 0 Å². The molecule has 9 heteroatoms. The molecular weight excluding hydrogens is 542 g/mol. The molecule has 0 aliphatic rings. The second kappa shape index (κ2) is 13.5. The molecule has 0 saturated heterocycles. The van der Waals surface area contributed by atoms with E-state index in [0.29, 0.717) is 33.8 Å². The van der Waals surface area contributed by atoms with Gasteiger partial charge in [-0.05, 0) is 59.9 Å². The summed E-state index contributed by atoms with van der Waals surface area (Å²) < 4.78 is 30.6. The van der Waals surface area contributed by atoms with Crippen molar-refractivity contribution < 1.29 is 33.7 Å². The highest BCUT2D eigenvalue weighted by Crippen LogP contribution is 2.42. The summed E-state index contributed by atoms with van der Waals surface area (Å²) in [6.07, 6.45) is -7.04. The fraction of sp³-hybridized carbons (Fsp3) is 0.273. The first kappa shape index (κ1) is 30.6. The highest BCUT2D eigenvalue weighted by Gasteiger charge is 2.32. The van der Waals surface area contributed by atoms with Crippen molar-refractivity contribution in [1.29, 1.82) is 0 Å². The van der Waals surface area contributed by atoms with Gasteiger partial charge in [0.1, 0.15) is 5.82 Å². The molecule has 1 amide bonds. The summed E-state index contributed by atoms with van der Waals surface area (Å²) in [6.45, 7) is 3.83. The number of anilines is 1. The van der Waals surface area contributed by atoms with Gasteiger partial charge in [-0.2, -0.15) is 0 Å². The summed E-state index contributed by atoms with van der Waals surface area (Å²) in [5.41, 5.74) is 4.05. The number of hydrogen-bond acceptors (Lipinski definition) is 5. The number of benzene rings is 3. The van der Waals surface area contributed by atoms with Crippen LogP contribution in [0.3, 0.4) is 0 Å². The van der Waals surface area contributed by atoms with Crippen LogP contribution in [-0.2, 0) is 11.3 Å². The van der Waals surface area contributed by atoms with Crippen LogP contribution in [0.2, 0.25) is 0 Å². The minimum Gasteiger partial charge on any atom is -0.550 e. The first-order valence-corrected chi connectivity index (χ1v) is 13.7. The maximum Gasteiger partial charge on any atom is 0.258 e. The molecule has 220 valence electrons. The number of para-hydroxylation sites is 1. The van der Waals surface area contributed by atoms with E-state index in [1.54, 1.807) is 36.4 Å². The molecular formula is C33H33F2N2O5-. The molecule has 4 rings (SSSR count). The third-order valence-corrected chi connectivity index (χ3v) is 7.05. The van der Waals surface area contributed by atoms with Crippen LogP contribution in [0.25, 0.3) is 22.4 Å². The molecule has 0 unspecified atom stereocenters. The van der Waals surface area contributed by atoms with Gasteiger partial charge < -0.3 is 30.0 Å². The topological polar surface area (TPSA) is 115 Å². The number of carboxylic acids is 1. The van der Waals surface area contributed by atoms with E-state index < -0.39 is 36.6 Å². The van der Waals surface area contributed by atoms with E-state index in [1.807, 2.05) is 54.8 Å². The van der Waals surface area contributed by atoms with E-state index >= 15 is 0 Å². The van der Waals surface area contributed by atoms with E-state index in [-0.39, 0.29) is 24.8 Å². The number of nitrogens with zero attached hydrogens (tertiary/aromatic N) is 1. The van der Waals surface area contributed by atoms with Gasteiger partial charge in [-0.25, -0.2) is 8.78 Å². The third-order valence-electron chi connectivity index (χ3n) is 7.05. The lowest BCUT2D eigenvalue weighted by Gasteiger charge is -2.23. The quantitative estimate of drug-likeness (QED) is 0.222. The average molecular weight is 576 g/mol. The number of carbonyl (C=O) groups is 2. The van der Waals surface area contributed by atoms with Crippen molar-refractivity contribution in [2.24, 2.45) is 0 Å². The maximum absolute atomic E-state index is 14.8. The van der Waals surface area contributed by atoms with Gasteiger partial charge in [0.05, 0.1) is 23.5 Å². The number of halogens is 2. The lowest BCUT2D eigenvalue weighted by Crippen LogP contribution is -2.39. The number of nitrogens with one attached hydrogen (secondary N) is 1. The molecule has 3 N–H and O–H groups in total. The lowest BCUT2D eigenvalue weighted by molar-refractivity contribution is -0.308. The van der Waals surface area contributed by atoms with Gasteiger partial charge in [-0.3, -0.25) is 4.79 Å². The van der Waals surface area contributed by atoms with E-state index in [1.165, 1.54) is 12.1 Å². The number of aliphatic hydroxyl groups excluding tert-OH is 2. The standard InChI is InChI=1S/C33H34F2N2O5/c1-20(2)31-29(33(42)36-24-11-7-4-8-12-24)28(21-9-5-3-6-10-21)32(22-13-15-23(34)16-14-22)37(31)18-17-25(38)30(35)26(39)19-27(40)41/h3-16,20,25-26,30,38-39H,17-19H2,1-2H3,(H,36,42)(H,40,41)/p-1/t25-,26+,30-/m1/s1. The van der Waals surface area contributed by atoms with Crippen LogP contribution in [0.15, 0.2) is 84.9 Å². The molecule has 0 fully saturated rings. The Kier molecular flexibility index (Phi) is 9.88. The predicted octanol–water partition coefficient (Wildman–Crippen LogP) is 4.93. The number of aliphatic carboxylic acids is 1. The summed E-state index contributed by atoms with van der Waals surface area (Å²) in [5, 5.41) is 34.3. The summed E-state index contributed by atoms with van der Waals surface area (Å²) >= 11 is 0. The van der Waals surface area contributed by atoms with Crippen molar-refractivity contribution in [2.75, 3.05) is 5.32 Å². The molecule has 0 bridgehead atoms. The van der Waals surface area contributed by atoms with Crippen molar-refractivity contribution in [3.63, 3.8) is 0 Å². The van der Waals surface area contributed by atoms with Crippen LogP contribution in [0.5, 0.6) is 0 Å². The van der Waals surface area contributed by atoms with Crippen LogP contribution in [0.4, 0.5) is 14.5 Å². The highest BCUT2D eigenvalue weighted by atomic mass is 19.1. The Morgan fingerprint density at radius 2 is 1.48 bits per heavy atom. The number of carboxylic acid groups (broad SMARTS) is 1. The van der Waals surface area contributed by atoms with E-state index in [9.17, 15) is 33.7 Å². The Morgan fingerprint density at radius 1 is 0.881 bits per heavy atom. The Balaban J connectivity index is 1.91. The summed E-state index contributed by atoms with van der Waals surface area (Å²) in [4.78, 5) is 24.9. The number of hydrogen-bond donors (Lipinski definition) is 3. The minimum atomic E-state index is -2.23. The Bertz CT molecular complexity index is 1510. The molecule has 4 aromatic rings. The predicted molar refractivity (Wildman–Crippen MR) is 155 cm³/mol. The van der Waals surface area contributed by atoms with Crippen LogP contribution in [-0.4, -0.2) is 45.0 Å². The highest BCUT2D eigenvalue weighted by molar-refractivity contribution is 6.12. The molecule has 7 nitrogen and oxygen atoms in total. The molecule has 0 spiro atoms. The molecule has 0 radical (unpaired) electrons. The smallest absolute Gasteiger partial charge is 0.258 e. The molecule has 0 aliphatic carbocycles. The van der Waals surface area contributed by atoms with Crippen molar-refractivity contribution >= 4 is 17.6 Å². The molecule has 3 atom stereocenters. The van der Waals surface area contributed by atoms with E-state index in [4.69, 9.17) is 0 Å². The second-order valence-electron chi connectivity index (χ2n) is 10.4. The summed E-state index contributed by atoms with van der Waals surface area (Å²) in [7, 11) is 0. The van der Waals surface area contributed by atoms with Gasteiger partial charge in [0.15, 0.2) is 6.17 Å². The van der Waals surface area contributed by atoms with Crippen LogP contribution < -0.4 is 10.4 Å². The molecule has 1 aromatic heterocycles. The summed E-state index contributed by atoms with van der Waals surface area (Å²) in [6, 6.07) is 24.0. The Morgan fingerprint density at radius 3 is 2.05 bits per heavy atom. The van der Waals surface area contributed by atoms with Gasteiger partial charge in [0.2, 0.25) is 0 Å². The van der Waals surface area contributed by atoms with Crippen LogP contribution in [0.1, 0.15) is 48.7 Å². The second-order valence-corrected chi connectivity index (χ2v) is 10.4. The van der Waals surface area contributed by atoms with Gasteiger partial charge in [-0.1, -0.05) is 62.4 Å². The number of rotatable bonds is 12. The molecule has 1 heterocycles. The van der Waals surface area contributed by atoms with Crippen molar-refractivity contribution in [3.05, 3.63) is 102 Å². The number of alkyl halides is 1. The van der Waals surface area contributed by atoms with E-state index in [0.717, 1.165) is 5.56 Å². The van der Waals surface area contributed by atoms with Crippen molar-refractivity contribution in [3.8, 4) is 22.4 Å². The summed E-state index contributed by atoms with van der Waals surface area (Å²) in [5.74, 6) is -2.67. The van der Waals surface area contributed by atoms with Crippen molar-refractivity contribution in [1.82, 2.24) is 4.57 Å². The van der Waals surface area contributed by atoms with Crippen molar-refractivity contribution in [2.45, 2.75) is 57.5 Å². The average Bonchev–Trinajstić information content (AvgIpc) is 3.32. The largest absolute Gasteiger partial charge is 0.550 e. The number of aromatic nitrogens is 1. The molecule has 3 aromatic carbocycles. The number of amides is 1. The first-order valence-electron chi connectivity index (χ1n) is 13.7. The maximum atomic E-state index is 14.8. The van der Waals surface area contributed by atoms with Gasteiger partial charge in [0.25, 0.3) is 5.91 Å². The minimum absolute atomic E-state index is 0.0122. The monoisotopic (exact) mass is 575 g/mol. The van der Waals surface area contributed by atoms with Gasteiger partial charge >= 0.3 is 0 Å². The lowest BCUT2D eigenvalue weighted by atomic mass is 9.94. The zero-order valence-corrected chi connectivity index (χ0v) is 23.3. The third kappa shape index (κ3) is 6.92. The fourth-order valence-corrected chi connectivity index (χ4v) is 5.17. The first-order chi connectivity index (χ1) is 20.1. The molecule has 0 saturated carbocycles. The zero-order valence-electron chi connectivity index (χ0n) is 23.3. The normalized spacial score (nSPS) is 13.5. The Hall–Kier alpha value is -4.34. The van der Waals surface area contributed by atoms with Gasteiger partial charge in [0, 0.05) is 35.9 Å². The Labute approximate surface area is 243 Å².